The van der Waals surface area contributed by atoms with Gasteiger partial charge in [-0.3, -0.25) is 0 Å². The summed E-state index contributed by atoms with van der Waals surface area (Å²) in [6.45, 7) is 4.13. The van der Waals surface area contributed by atoms with Crippen LogP contribution in [0.15, 0.2) is 29.6 Å². The number of hydrogen-bond donors (Lipinski definition) is 0. The number of hydrogen-bond acceptors (Lipinski definition) is 1. The molecule has 0 amide bonds. The van der Waals surface area contributed by atoms with Gasteiger partial charge in [-0.25, -0.2) is 0 Å². The molecule has 0 N–H and O–H groups in total. The van der Waals surface area contributed by atoms with Crippen molar-refractivity contribution < 1.29 is 4.42 Å². The highest BCUT2D eigenvalue weighted by molar-refractivity contribution is 5.62. The molecule has 76 valence electrons. The monoisotopic (exact) mass is 190 g/mol. The predicted molar refractivity (Wildman–Crippen MR) is 58.9 cm³/mol. The van der Waals surface area contributed by atoms with E-state index in [-0.39, 0.29) is 0 Å². The minimum Gasteiger partial charge on any atom is -0.472 e. The molecule has 0 radical (unpaired) electrons. The lowest BCUT2D eigenvalue weighted by Crippen LogP contribution is -2.06. The molecule has 1 aliphatic rings. The van der Waals surface area contributed by atoms with Gasteiger partial charge in [-0.2, -0.15) is 0 Å². The second kappa shape index (κ2) is 4.50. The Balaban J connectivity index is 1.87. The predicted octanol–water partition coefficient (Wildman–Crippen LogP) is 4.26. The lowest BCUT2D eigenvalue weighted by molar-refractivity contribution is 0.365. The van der Waals surface area contributed by atoms with Crippen LogP contribution in [0.5, 0.6) is 0 Å². The first-order chi connectivity index (χ1) is 6.86. The minimum atomic E-state index is 0.867. The van der Waals surface area contributed by atoms with Gasteiger partial charge in [0.15, 0.2) is 0 Å². The van der Waals surface area contributed by atoms with Crippen LogP contribution in [0.4, 0.5) is 0 Å². The Kier molecular flexibility index (Phi) is 3.07. The molecular formula is C13H18O. The second-order valence-electron chi connectivity index (χ2n) is 4.32. The van der Waals surface area contributed by atoms with E-state index in [1.165, 1.54) is 43.2 Å². The highest BCUT2D eigenvalue weighted by atomic mass is 16.3. The molecule has 0 saturated heterocycles. The van der Waals surface area contributed by atoms with E-state index < -0.39 is 0 Å². The van der Waals surface area contributed by atoms with E-state index in [1.54, 1.807) is 12.5 Å². The standard InChI is InChI=1S/C13H18O/c1-11(13-7-8-14-10-13)9-12-5-3-2-4-6-12/h7-8,10,12H,1-6,9H2. The van der Waals surface area contributed by atoms with Gasteiger partial charge in [0.2, 0.25) is 0 Å². The molecule has 1 heteroatoms. The second-order valence-corrected chi connectivity index (χ2v) is 4.32. The van der Waals surface area contributed by atoms with Gasteiger partial charge in [0.1, 0.15) is 0 Å². The van der Waals surface area contributed by atoms with Crippen molar-refractivity contribution in [3.63, 3.8) is 0 Å². The van der Waals surface area contributed by atoms with Gasteiger partial charge in [0, 0.05) is 5.56 Å². The zero-order valence-electron chi connectivity index (χ0n) is 8.67. The first kappa shape index (κ1) is 9.57. The summed E-state index contributed by atoms with van der Waals surface area (Å²) < 4.78 is 5.06. The average Bonchev–Trinajstić information content (AvgIpc) is 2.72. The van der Waals surface area contributed by atoms with Crippen LogP contribution in [0.2, 0.25) is 0 Å². The van der Waals surface area contributed by atoms with Crippen LogP contribution in [0, 0.1) is 5.92 Å². The van der Waals surface area contributed by atoms with Gasteiger partial charge in [-0.15, -0.1) is 0 Å². The zero-order chi connectivity index (χ0) is 9.80. The zero-order valence-corrected chi connectivity index (χ0v) is 8.67. The normalized spacial score (nSPS) is 18.3. The fraction of sp³-hybridized carbons (Fsp3) is 0.538. The molecule has 1 nitrogen and oxygen atoms in total. The molecule has 0 unspecified atom stereocenters. The van der Waals surface area contributed by atoms with Crippen LogP contribution in [-0.4, -0.2) is 0 Å². The van der Waals surface area contributed by atoms with Gasteiger partial charge in [0.25, 0.3) is 0 Å². The van der Waals surface area contributed by atoms with Crippen LogP contribution in [0.1, 0.15) is 44.1 Å². The third-order valence-corrected chi connectivity index (χ3v) is 3.19. The Morgan fingerprint density at radius 1 is 1.36 bits per heavy atom. The Morgan fingerprint density at radius 3 is 2.79 bits per heavy atom. The van der Waals surface area contributed by atoms with E-state index in [4.69, 9.17) is 4.42 Å². The van der Waals surface area contributed by atoms with Crippen molar-refractivity contribution in [1.82, 2.24) is 0 Å². The lowest BCUT2D eigenvalue weighted by Gasteiger charge is -2.21. The first-order valence-corrected chi connectivity index (χ1v) is 5.56. The number of rotatable bonds is 3. The highest BCUT2D eigenvalue weighted by Gasteiger charge is 2.15. The van der Waals surface area contributed by atoms with Gasteiger partial charge < -0.3 is 4.42 Å². The first-order valence-electron chi connectivity index (χ1n) is 5.56. The van der Waals surface area contributed by atoms with Crippen LogP contribution < -0.4 is 0 Å². The summed E-state index contributed by atoms with van der Waals surface area (Å²) >= 11 is 0. The molecule has 0 bridgehead atoms. The fourth-order valence-electron chi connectivity index (χ4n) is 2.32. The van der Waals surface area contributed by atoms with Crippen LogP contribution in [0.25, 0.3) is 5.57 Å². The highest BCUT2D eigenvalue weighted by Crippen LogP contribution is 2.31. The smallest absolute Gasteiger partial charge is 0.0977 e. The summed E-state index contributed by atoms with van der Waals surface area (Å²) in [5.74, 6) is 0.867. The number of furan rings is 1. The summed E-state index contributed by atoms with van der Waals surface area (Å²) in [5.41, 5.74) is 2.42. The van der Waals surface area contributed by atoms with E-state index in [2.05, 4.69) is 6.58 Å². The molecule has 0 aliphatic heterocycles. The minimum absolute atomic E-state index is 0.867. The quantitative estimate of drug-likeness (QED) is 0.694. The van der Waals surface area contributed by atoms with Crippen molar-refractivity contribution in [2.24, 2.45) is 5.92 Å². The Hall–Kier alpha value is -0.980. The molecule has 1 aromatic rings. The Labute approximate surface area is 85.8 Å². The molecule has 1 saturated carbocycles. The van der Waals surface area contributed by atoms with Crippen LogP contribution in [0.3, 0.4) is 0 Å². The molecule has 1 aromatic heterocycles. The van der Waals surface area contributed by atoms with Crippen molar-refractivity contribution >= 4 is 5.57 Å². The van der Waals surface area contributed by atoms with Crippen molar-refractivity contribution in [2.45, 2.75) is 38.5 Å². The average molecular weight is 190 g/mol. The third kappa shape index (κ3) is 2.28. The topological polar surface area (TPSA) is 13.1 Å². The summed E-state index contributed by atoms with van der Waals surface area (Å²) in [5, 5.41) is 0. The van der Waals surface area contributed by atoms with Crippen molar-refractivity contribution in [2.75, 3.05) is 0 Å². The molecule has 2 rings (SSSR count). The van der Waals surface area contributed by atoms with Gasteiger partial charge in [0.05, 0.1) is 12.5 Å². The van der Waals surface area contributed by atoms with E-state index in [0.29, 0.717) is 0 Å². The maximum Gasteiger partial charge on any atom is 0.0977 e. The van der Waals surface area contributed by atoms with Gasteiger partial charge in [-0.1, -0.05) is 38.7 Å². The summed E-state index contributed by atoms with van der Waals surface area (Å²) in [6, 6.07) is 2.01. The van der Waals surface area contributed by atoms with Crippen LogP contribution >= 0.6 is 0 Å². The Morgan fingerprint density at radius 2 is 2.14 bits per heavy atom. The fourth-order valence-corrected chi connectivity index (χ4v) is 2.32. The SMILES string of the molecule is C=C(CC1CCCCC1)c1ccoc1. The molecule has 0 spiro atoms. The molecular weight excluding hydrogens is 172 g/mol. The maximum absolute atomic E-state index is 5.06. The molecule has 14 heavy (non-hydrogen) atoms. The molecule has 1 heterocycles. The van der Waals surface area contributed by atoms with Crippen LogP contribution in [-0.2, 0) is 0 Å². The van der Waals surface area contributed by atoms with E-state index >= 15 is 0 Å². The maximum atomic E-state index is 5.06. The van der Waals surface area contributed by atoms with Crippen molar-refractivity contribution in [1.29, 1.82) is 0 Å². The van der Waals surface area contributed by atoms with Gasteiger partial charge >= 0.3 is 0 Å². The Bertz CT molecular complexity index is 278. The lowest BCUT2D eigenvalue weighted by atomic mass is 9.84. The summed E-state index contributed by atoms with van der Waals surface area (Å²) in [6.07, 6.45) is 11.7. The number of allylic oxidation sites excluding steroid dienone is 1. The van der Waals surface area contributed by atoms with Crippen molar-refractivity contribution in [3.8, 4) is 0 Å². The van der Waals surface area contributed by atoms with E-state index in [0.717, 1.165) is 12.3 Å². The van der Waals surface area contributed by atoms with Crippen molar-refractivity contribution in [3.05, 3.63) is 30.7 Å². The summed E-state index contributed by atoms with van der Waals surface area (Å²) in [7, 11) is 0. The van der Waals surface area contributed by atoms with E-state index in [9.17, 15) is 0 Å². The van der Waals surface area contributed by atoms with Gasteiger partial charge in [-0.05, 0) is 24.0 Å². The molecule has 1 aliphatic carbocycles. The molecule has 1 fully saturated rings. The largest absolute Gasteiger partial charge is 0.472 e. The third-order valence-electron chi connectivity index (χ3n) is 3.19. The molecule has 0 atom stereocenters. The van der Waals surface area contributed by atoms with E-state index in [1.807, 2.05) is 6.07 Å². The summed E-state index contributed by atoms with van der Waals surface area (Å²) in [4.78, 5) is 0. The molecule has 0 aromatic carbocycles.